The zero-order valence-electron chi connectivity index (χ0n) is 26.8. The van der Waals surface area contributed by atoms with Crippen LogP contribution in [-0.4, -0.2) is 88.1 Å². The van der Waals surface area contributed by atoms with Gasteiger partial charge < -0.3 is 28.4 Å². The van der Waals surface area contributed by atoms with E-state index in [0.717, 1.165) is 31.9 Å². The summed E-state index contributed by atoms with van der Waals surface area (Å²) in [6.45, 7) is 18.9. The van der Waals surface area contributed by atoms with Crippen molar-refractivity contribution in [3.8, 4) is 0 Å². The third kappa shape index (κ3) is 13.6. The summed E-state index contributed by atoms with van der Waals surface area (Å²) >= 11 is 0. The molecule has 252 valence electrons. The van der Waals surface area contributed by atoms with Crippen molar-refractivity contribution in [2.45, 2.75) is 97.8 Å². The summed E-state index contributed by atoms with van der Waals surface area (Å²) in [4.78, 5) is 74.7. The second-order valence-electron chi connectivity index (χ2n) is 10.5. The Kier molecular flexibility index (Phi) is 16.7. The summed E-state index contributed by atoms with van der Waals surface area (Å²) in [7, 11) is 0. The fourth-order valence-corrected chi connectivity index (χ4v) is 3.82. The van der Waals surface area contributed by atoms with E-state index in [-0.39, 0.29) is 39.5 Å². The molecule has 0 aliphatic carbocycles. The van der Waals surface area contributed by atoms with Crippen molar-refractivity contribution in [1.82, 2.24) is 13.7 Å². The van der Waals surface area contributed by atoms with Crippen molar-refractivity contribution in [3.05, 3.63) is 69.4 Å². The van der Waals surface area contributed by atoms with Crippen LogP contribution < -0.4 is 17.1 Å². The lowest BCUT2D eigenvalue weighted by atomic mass is 10.3. The van der Waals surface area contributed by atoms with Crippen LogP contribution in [0.4, 0.5) is 0 Å². The molecule has 0 amide bonds. The van der Waals surface area contributed by atoms with Crippen LogP contribution >= 0.6 is 0 Å². The molecule has 1 aromatic heterocycles. The number of hydrogen-bond donors (Lipinski definition) is 0. The quantitative estimate of drug-likeness (QED) is 0.105. The second kappa shape index (κ2) is 19.3. The fraction of sp³-hybridized carbons (Fsp3) is 0.600. The average molecular weight is 640 g/mol. The summed E-state index contributed by atoms with van der Waals surface area (Å²) in [6, 6.07) is 0. The van der Waals surface area contributed by atoms with Crippen LogP contribution in [0.1, 0.15) is 41.5 Å². The molecule has 6 unspecified atom stereocenters. The number of ether oxygens (including phenoxy) is 6. The van der Waals surface area contributed by atoms with Crippen LogP contribution in [-0.2, 0) is 62.4 Å². The Balaban J connectivity index is 3.27. The number of esters is 3. The Morgan fingerprint density at radius 1 is 0.511 bits per heavy atom. The molecule has 1 heterocycles. The standard InChI is InChI=1S/C30H45N3O12/c1-10-25(34)43-22(7)16-40-19(4)13-31-28(37)32(14-20(5)41-17-23(8)44-26(35)11-2)30(39)33(29(31)38)15-21(6)42-18-24(9)45-27(36)12-3/h10-12,19-24H,1-3,13-18H2,4-9H3. The number of carbonyl (C=O) groups excluding carboxylic acids is 3. The van der Waals surface area contributed by atoms with Crippen molar-refractivity contribution in [2.75, 3.05) is 19.8 Å². The number of aromatic nitrogens is 3. The third-order valence-corrected chi connectivity index (χ3v) is 6.00. The molecule has 1 aromatic rings. The predicted octanol–water partition coefficient (Wildman–Crippen LogP) is 0.740. The molecule has 0 N–H and O–H groups in total. The van der Waals surface area contributed by atoms with E-state index in [0.29, 0.717) is 0 Å². The lowest BCUT2D eigenvalue weighted by Crippen LogP contribution is -2.57. The van der Waals surface area contributed by atoms with Crippen LogP contribution in [0.15, 0.2) is 52.3 Å². The number of hydrogen-bond acceptors (Lipinski definition) is 12. The maximum atomic E-state index is 13.5. The lowest BCUT2D eigenvalue weighted by molar-refractivity contribution is -0.146. The molecule has 0 spiro atoms. The molecule has 0 aromatic carbocycles. The Morgan fingerprint density at radius 3 is 0.933 bits per heavy atom. The normalized spacial score (nSPS) is 15.1. The van der Waals surface area contributed by atoms with Gasteiger partial charge in [-0.25, -0.2) is 42.5 Å². The third-order valence-electron chi connectivity index (χ3n) is 6.00. The van der Waals surface area contributed by atoms with E-state index in [1.807, 2.05) is 0 Å². The molecular weight excluding hydrogens is 594 g/mol. The van der Waals surface area contributed by atoms with Crippen molar-refractivity contribution in [1.29, 1.82) is 0 Å². The van der Waals surface area contributed by atoms with Gasteiger partial charge in [-0.15, -0.1) is 0 Å². The zero-order valence-corrected chi connectivity index (χ0v) is 26.8. The van der Waals surface area contributed by atoms with E-state index < -0.39 is 71.6 Å². The summed E-state index contributed by atoms with van der Waals surface area (Å²) in [5.74, 6) is -1.88. The van der Waals surface area contributed by atoms with E-state index in [9.17, 15) is 28.8 Å². The second-order valence-corrected chi connectivity index (χ2v) is 10.5. The molecule has 0 aliphatic rings. The summed E-state index contributed by atoms with van der Waals surface area (Å²) in [5, 5.41) is 0. The van der Waals surface area contributed by atoms with Crippen LogP contribution in [0.2, 0.25) is 0 Å². The van der Waals surface area contributed by atoms with E-state index >= 15 is 0 Å². The zero-order chi connectivity index (χ0) is 34.3. The lowest BCUT2D eigenvalue weighted by Gasteiger charge is -2.22. The van der Waals surface area contributed by atoms with Gasteiger partial charge in [-0.1, -0.05) is 19.7 Å². The largest absolute Gasteiger partial charge is 0.457 e. The Morgan fingerprint density at radius 2 is 0.733 bits per heavy atom. The van der Waals surface area contributed by atoms with Crippen LogP contribution in [0.5, 0.6) is 0 Å². The first-order valence-electron chi connectivity index (χ1n) is 14.4. The van der Waals surface area contributed by atoms with Gasteiger partial charge in [0.2, 0.25) is 0 Å². The Labute approximate surface area is 261 Å². The minimum Gasteiger partial charge on any atom is -0.457 e. The molecule has 0 fully saturated rings. The minimum absolute atomic E-state index is 0.0255. The predicted molar refractivity (Wildman–Crippen MR) is 163 cm³/mol. The van der Waals surface area contributed by atoms with Gasteiger partial charge in [0, 0.05) is 18.2 Å². The smallest absolute Gasteiger partial charge is 0.336 e. The molecule has 0 saturated carbocycles. The van der Waals surface area contributed by atoms with E-state index in [1.165, 1.54) is 0 Å². The molecule has 6 atom stereocenters. The van der Waals surface area contributed by atoms with E-state index in [4.69, 9.17) is 28.4 Å². The van der Waals surface area contributed by atoms with Crippen LogP contribution in [0, 0.1) is 0 Å². The average Bonchev–Trinajstić information content (AvgIpc) is 3.00. The molecule has 1 rings (SSSR count). The fourth-order valence-electron chi connectivity index (χ4n) is 3.82. The highest BCUT2D eigenvalue weighted by Gasteiger charge is 2.22. The highest BCUT2D eigenvalue weighted by Crippen LogP contribution is 2.03. The monoisotopic (exact) mass is 639 g/mol. The van der Waals surface area contributed by atoms with Gasteiger partial charge in [-0.3, -0.25) is 0 Å². The summed E-state index contributed by atoms with van der Waals surface area (Å²) in [5.41, 5.74) is -2.66. The maximum absolute atomic E-state index is 13.5. The van der Waals surface area contributed by atoms with Gasteiger partial charge in [-0.05, 0) is 41.5 Å². The van der Waals surface area contributed by atoms with Crippen LogP contribution in [0.25, 0.3) is 0 Å². The van der Waals surface area contributed by atoms with Crippen molar-refractivity contribution < 1.29 is 42.8 Å². The van der Waals surface area contributed by atoms with E-state index in [1.54, 1.807) is 41.5 Å². The highest BCUT2D eigenvalue weighted by atomic mass is 16.6. The van der Waals surface area contributed by atoms with Crippen molar-refractivity contribution in [2.24, 2.45) is 0 Å². The summed E-state index contributed by atoms with van der Waals surface area (Å²) < 4.78 is 34.9. The molecule has 0 saturated heterocycles. The Bertz CT molecular complexity index is 1170. The van der Waals surface area contributed by atoms with Gasteiger partial charge in [0.15, 0.2) is 0 Å². The first-order chi connectivity index (χ1) is 21.1. The first kappa shape index (κ1) is 38.9. The van der Waals surface area contributed by atoms with E-state index in [2.05, 4.69) is 19.7 Å². The molecule has 15 nitrogen and oxygen atoms in total. The van der Waals surface area contributed by atoms with Crippen LogP contribution in [0.3, 0.4) is 0 Å². The molecular formula is C30H45N3O12. The molecule has 15 heteroatoms. The number of carbonyl (C=O) groups is 3. The summed E-state index contributed by atoms with van der Waals surface area (Å²) in [6.07, 6.45) is -0.947. The van der Waals surface area contributed by atoms with Crippen molar-refractivity contribution >= 4 is 17.9 Å². The topological polar surface area (TPSA) is 173 Å². The van der Waals surface area contributed by atoms with Gasteiger partial charge in [0.25, 0.3) is 0 Å². The van der Waals surface area contributed by atoms with Gasteiger partial charge in [0.05, 0.1) is 57.8 Å². The molecule has 45 heavy (non-hydrogen) atoms. The molecule has 0 bridgehead atoms. The maximum Gasteiger partial charge on any atom is 0.336 e. The SMILES string of the molecule is C=CC(=O)OC(C)COC(C)Cn1c(=O)n(CC(C)OCC(C)OC(=O)C=C)c(=O)n(CC(C)OCC(C)OC(=O)C=C)c1=O. The van der Waals surface area contributed by atoms with Gasteiger partial charge in [0.1, 0.15) is 18.3 Å². The highest BCUT2D eigenvalue weighted by molar-refractivity contribution is 5.82. The molecule has 0 aliphatic heterocycles. The van der Waals surface area contributed by atoms with Crippen molar-refractivity contribution in [3.63, 3.8) is 0 Å². The Hall–Kier alpha value is -4.08. The molecule has 0 radical (unpaired) electrons. The number of rotatable bonds is 21. The van der Waals surface area contributed by atoms with Gasteiger partial charge >= 0.3 is 35.0 Å². The number of nitrogens with zero attached hydrogens (tertiary/aromatic N) is 3. The van der Waals surface area contributed by atoms with Gasteiger partial charge in [-0.2, -0.15) is 0 Å². The minimum atomic E-state index is -0.886. The first-order valence-corrected chi connectivity index (χ1v) is 14.4.